The minimum Gasteiger partial charge on any atom is -0.374 e. The quantitative estimate of drug-likeness (QED) is 0.461. The summed E-state index contributed by atoms with van der Waals surface area (Å²) < 4.78 is 7.36. The molecule has 1 saturated carbocycles. The average molecular weight is 355 g/mol. The maximum atomic E-state index is 6.25. The first-order valence-electron chi connectivity index (χ1n) is 8.05. The van der Waals surface area contributed by atoms with Gasteiger partial charge in [0.05, 0.1) is 11.6 Å². The van der Waals surface area contributed by atoms with Crippen LogP contribution in [0.2, 0.25) is 0 Å². The lowest BCUT2D eigenvalue weighted by atomic mass is 9.83. The van der Waals surface area contributed by atoms with Crippen molar-refractivity contribution in [2.75, 3.05) is 6.61 Å². The van der Waals surface area contributed by atoms with Gasteiger partial charge in [0.2, 0.25) is 0 Å². The first-order valence-corrected chi connectivity index (χ1v) is 8.84. The summed E-state index contributed by atoms with van der Waals surface area (Å²) in [5.41, 5.74) is 4.22. The van der Waals surface area contributed by atoms with Crippen LogP contribution in [0.3, 0.4) is 0 Å². The molecule has 0 radical (unpaired) electrons. The van der Waals surface area contributed by atoms with Crippen molar-refractivity contribution in [3.8, 4) is 0 Å². The minimum atomic E-state index is -0.123. The van der Waals surface area contributed by atoms with Crippen molar-refractivity contribution in [2.45, 2.75) is 63.5 Å². The molecule has 21 heavy (non-hydrogen) atoms. The van der Waals surface area contributed by atoms with E-state index in [1.54, 1.807) is 0 Å². The van der Waals surface area contributed by atoms with Gasteiger partial charge in [0, 0.05) is 11.1 Å². The molecule has 1 fully saturated rings. The highest BCUT2D eigenvalue weighted by Gasteiger charge is 2.39. The van der Waals surface area contributed by atoms with Gasteiger partial charge >= 0.3 is 0 Å². The van der Waals surface area contributed by atoms with Crippen LogP contribution in [0.5, 0.6) is 0 Å². The van der Waals surface area contributed by atoms with Gasteiger partial charge in [-0.2, -0.15) is 0 Å². The first kappa shape index (κ1) is 16.9. The van der Waals surface area contributed by atoms with Crippen LogP contribution in [0.1, 0.15) is 51.0 Å². The van der Waals surface area contributed by atoms with Crippen LogP contribution in [-0.4, -0.2) is 18.2 Å². The van der Waals surface area contributed by atoms with Gasteiger partial charge in [-0.25, -0.2) is 0 Å². The van der Waals surface area contributed by atoms with E-state index in [1.807, 2.05) is 0 Å². The number of nitrogens with one attached hydrogen (secondary N) is 1. The fourth-order valence-corrected chi connectivity index (χ4v) is 3.95. The highest BCUT2D eigenvalue weighted by atomic mass is 79.9. The molecular formula is C17H27BrN2O. The Hall–Kier alpha value is -0.420. The van der Waals surface area contributed by atoms with Gasteiger partial charge < -0.3 is 4.74 Å². The largest absolute Gasteiger partial charge is 0.374 e. The van der Waals surface area contributed by atoms with Gasteiger partial charge in [-0.1, -0.05) is 53.7 Å². The average Bonchev–Trinajstić information content (AvgIpc) is 2.72. The molecule has 0 heterocycles. The molecule has 0 amide bonds. The Balaban J connectivity index is 2.18. The Bertz CT molecular complexity index is 431. The zero-order valence-electron chi connectivity index (χ0n) is 12.9. The number of hydrazine groups is 1. The van der Waals surface area contributed by atoms with Crippen LogP contribution in [0.4, 0.5) is 0 Å². The van der Waals surface area contributed by atoms with E-state index < -0.39 is 0 Å². The normalized spacial score (nSPS) is 20.0. The zero-order valence-corrected chi connectivity index (χ0v) is 14.5. The topological polar surface area (TPSA) is 47.3 Å². The van der Waals surface area contributed by atoms with Crippen molar-refractivity contribution in [3.05, 3.63) is 34.3 Å². The second-order valence-corrected chi connectivity index (χ2v) is 6.88. The Labute approximate surface area is 136 Å². The lowest BCUT2D eigenvalue weighted by molar-refractivity contribution is -0.0768. The van der Waals surface area contributed by atoms with Gasteiger partial charge in [-0.3, -0.25) is 11.3 Å². The van der Waals surface area contributed by atoms with Gasteiger partial charge in [-0.15, -0.1) is 0 Å². The van der Waals surface area contributed by atoms with Crippen LogP contribution in [-0.2, 0) is 11.2 Å². The third kappa shape index (κ3) is 4.52. The molecule has 1 atom stereocenters. The Kier molecular flexibility index (Phi) is 6.68. The van der Waals surface area contributed by atoms with Crippen LogP contribution < -0.4 is 11.3 Å². The summed E-state index contributed by atoms with van der Waals surface area (Å²) in [7, 11) is 0. The van der Waals surface area contributed by atoms with E-state index in [-0.39, 0.29) is 11.6 Å². The Morgan fingerprint density at radius 3 is 2.57 bits per heavy atom. The van der Waals surface area contributed by atoms with Crippen LogP contribution >= 0.6 is 15.9 Å². The van der Waals surface area contributed by atoms with E-state index in [2.05, 4.69) is 52.5 Å². The van der Waals surface area contributed by atoms with E-state index in [0.717, 1.165) is 30.3 Å². The third-order valence-electron chi connectivity index (χ3n) is 4.55. The molecule has 0 bridgehead atoms. The summed E-state index contributed by atoms with van der Waals surface area (Å²) >= 11 is 3.54. The number of hydrogen-bond donors (Lipinski definition) is 2. The number of halogens is 1. The van der Waals surface area contributed by atoms with Gasteiger partial charge in [0.1, 0.15) is 0 Å². The SMILES string of the molecule is CCOC1(C(Cc2cccc(Br)c2)NN)CCCCCC1. The molecule has 118 valence electrons. The van der Waals surface area contributed by atoms with Gasteiger partial charge in [0.25, 0.3) is 0 Å². The van der Waals surface area contributed by atoms with Crippen molar-refractivity contribution in [1.29, 1.82) is 0 Å². The van der Waals surface area contributed by atoms with Crippen molar-refractivity contribution in [2.24, 2.45) is 5.84 Å². The third-order valence-corrected chi connectivity index (χ3v) is 5.04. The second kappa shape index (κ2) is 8.28. The molecule has 3 nitrogen and oxygen atoms in total. The summed E-state index contributed by atoms with van der Waals surface area (Å²) in [6.07, 6.45) is 8.18. The summed E-state index contributed by atoms with van der Waals surface area (Å²) in [6, 6.07) is 8.61. The van der Waals surface area contributed by atoms with E-state index >= 15 is 0 Å². The van der Waals surface area contributed by atoms with Crippen LogP contribution in [0, 0.1) is 0 Å². The second-order valence-electron chi connectivity index (χ2n) is 5.97. The number of ether oxygens (including phenoxy) is 1. The summed E-state index contributed by atoms with van der Waals surface area (Å²) in [4.78, 5) is 0. The van der Waals surface area contributed by atoms with Crippen molar-refractivity contribution < 1.29 is 4.74 Å². The number of hydrogen-bond acceptors (Lipinski definition) is 3. The molecule has 3 N–H and O–H groups in total. The van der Waals surface area contributed by atoms with Crippen molar-refractivity contribution >= 4 is 15.9 Å². The molecular weight excluding hydrogens is 328 g/mol. The van der Waals surface area contributed by atoms with E-state index in [0.29, 0.717) is 0 Å². The molecule has 1 aromatic carbocycles. The van der Waals surface area contributed by atoms with Crippen molar-refractivity contribution in [3.63, 3.8) is 0 Å². The smallest absolute Gasteiger partial charge is 0.0851 e. The van der Waals surface area contributed by atoms with E-state index in [1.165, 1.54) is 31.2 Å². The molecule has 1 aliphatic rings. The molecule has 0 aliphatic heterocycles. The minimum absolute atomic E-state index is 0.123. The maximum Gasteiger partial charge on any atom is 0.0851 e. The molecule has 1 aromatic rings. The molecule has 1 unspecified atom stereocenters. The highest BCUT2D eigenvalue weighted by Crippen LogP contribution is 2.34. The predicted molar refractivity (Wildman–Crippen MR) is 91.0 cm³/mol. The Morgan fingerprint density at radius 1 is 1.29 bits per heavy atom. The number of benzene rings is 1. The molecule has 4 heteroatoms. The molecule has 0 saturated heterocycles. The molecule has 0 spiro atoms. The standard InChI is InChI=1S/C17H27BrN2O/c1-2-21-17(10-5-3-4-6-11-17)16(20-19)13-14-8-7-9-15(18)12-14/h7-9,12,16,20H,2-6,10-11,13,19H2,1H3. The molecule has 1 aliphatic carbocycles. The van der Waals surface area contributed by atoms with Gasteiger partial charge in [0.15, 0.2) is 0 Å². The van der Waals surface area contributed by atoms with Crippen molar-refractivity contribution in [1.82, 2.24) is 5.43 Å². The first-order chi connectivity index (χ1) is 10.2. The predicted octanol–water partition coefficient (Wildman–Crippen LogP) is 3.95. The number of rotatable bonds is 6. The summed E-state index contributed by atoms with van der Waals surface area (Å²) in [6.45, 7) is 2.83. The van der Waals surface area contributed by atoms with E-state index in [9.17, 15) is 0 Å². The maximum absolute atomic E-state index is 6.25. The number of nitrogens with two attached hydrogens (primary N) is 1. The van der Waals surface area contributed by atoms with Crippen LogP contribution in [0.25, 0.3) is 0 Å². The molecule has 0 aromatic heterocycles. The lowest BCUT2D eigenvalue weighted by Gasteiger charge is -2.40. The Morgan fingerprint density at radius 2 is 2.00 bits per heavy atom. The summed E-state index contributed by atoms with van der Waals surface area (Å²) in [5.74, 6) is 5.91. The fourth-order valence-electron chi connectivity index (χ4n) is 3.50. The molecule has 2 rings (SSSR count). The highest BCUT2D eigenvalue weighted by molar-refractivity contribution is 9.10. The lowest BCUT2D eigenvalue weighted by Crippen LogP contribution is -2.56. The van der Waals surface area contributed by atoms with Crippen LogP contribution in [0.15, 0.2) is 28.7 Å². The van der Waals surface area contributed by atoms with E-state index in [4.69, 9.17) is 10.6 Å². The zero-order chi connectivity index (χ0) is 15.1. The monoisotopic (exact) mass is 354 g/mol. The fraction of sp³-hybridized carbons (Fsp3) is 0.647. The van der Waals surface area contributed by atoms with Gasteiger partial charge in [-0.05, 0) is 43.9 Å². The summed E-state index contributed by atoms with van der Waals surface area (Å²) in [5, 5.41) is 0.